The van der Waals surface area contributed by atoms with Gasteiger partial charge >= 0.3 is 0 Å². The standard InChI is InChI=1S/C27H31FN6/c1-5-19-11-25(30-31-26(12-19)34-9-8-29-18(3)15-34)23-7-6-20(10-17(23)2)21-13-22-16-33(4)32-27(22)24(28)14-21/h6-7,10-11,13-14,16,18,29H,5,8-9,12,15H2,1-4H3. The number of halogens is 1. The van der Waals surface area contributed by atoms with Crippen LogP contribution in [0.5, 0.6) is 0 Å². The Balaban J connectivity index is 1.48. The summed E-state index contributed by atoms with van der Waals surface area (Å²) < 4.78 is 16.3. The first-order chi connectivity index (χ1) is 16.4. The second-order valence-corrected chi connectivity index (χ2v) is 9.36. The molecule has 0 spiro atoms. The van der Waals surface area contributed by atoms with Gasteiger partial charge in [-0.05, 0) is 55.2 Å². The van der Waals surface area contributed by atoms with E-state index in [2.05, 4.69) is 59.4 Å². The number of benzene rings is 2. The molecule has 3 heterocycles. The second-order valence-electron chi connectivity index (χ2n) is 9.36. The van der Waals surface area contributed by atoms with Gasteiger partial charge in [0.1, 0.15) is 11.4 Å². The van der Waals surface area contributed by atoms with Crippen LogP contribution in [-0.2, 0) is 7.05 Å². The van der Waals surface area contributed by atoms with E-state index in [1.54, 1.807) is 17.8 Å². The minimum atomic E-state index is -0.303. The number of fused-ring (bicyclic) bond motifs is 1. The van der Waals surface area contributed by atoms with Gasteiger partial charge in [0.2, 0.25) is 0 Å². The molecule has 1 aromatic heterocycles. The third-order valence-electron chi connectivity index (χ3n) is 6.70. The topological polar surface area (TPSA) is 57.8 Å². The number of hydrogen-bond acceptors (Lipinski definition) is 5. The molecule has 176 valence electrons. The molecular weight excluding hydrogens is 427 g/mol. The van der Waals surface area contributed by atoms with Crippen LogP contribution in [0.2, 0.25) is 0 Å². The van der Waals surface area contributed by atoms with Gasteiger partial charge in [0.05, 0.1) is 5.71 Å². The lowest BCUT2D eigenvalue weighted by atomic mass is 9.95. The van der Waals surface area contributed by atoms with Crippen molar-refractivity contribution in [2.24, 2.45) is 17.3 Å². The van der Waals surface area contributed by atoms with Crippen molar-refractivity contribution >= 4 is 22.5 Å². The Kier molecular flexibility index (Phi) is 6.04. The fraction of sp³-hybridized carbons (Fsp3) is 0.370. The average molecular weight is 459 g/mol. The van der Waals surface area contributed by atoms with Crippen molar-refractivity contribution in [2.45, 2.75) is 39.7 Å². The molecule has 1 saturated heterocycles. The van der Waals surface area contributed by atoms with Gasteiger partial charge in [-0.2, -0.15) is 5.10 Å². The summed E-state index contributed by atoms with van der Waals surface area (Å²) in [6.45, 7) is 9.34. The molecule has 1 N–H and O–H groups in total. The normalized spacial score (nSPS) is 19.0. The summed E-state index contributed by atoms with van der Waals surface area (Å²) in [4.78, 5) is 2.36. The molecule has 3 aromatic rings. The number of nitrogens with one attached hydrogen (secondary N) is 1. The average Bonchev–Trinajstić information content (AvgIpc) is 3.07. The van der Waals surface area contributed by atoms with Crippen molar-refractivity contribution in [3.8, 4) is 11.1 Å². The summed E-state index contributed by atoms with van der Waals surface area (Å²) in [5, 5.41) is 17.9. The third kappa shape index (κ3) is 4.40. The van der Waals surface area contributed by atoms with Crippen LogP contribution in [0, 0.1) is 12.7 Å². The lowest BCUT2D eigenvalue weighted by molar-refractivity contribution is 0.299. The van der Waals surface area contributed by atoms with Gasteiger partial charge in [0.25, 0.3) is 0 Å². The largest absolute Gasteiger partial charge is 0.355 e. The molecule has 2 aromatic carbocycles. The summed E-state index contributed by atoms with van der Waals surface area (Å²) in [5.74, 6) is 0.744. The molecule has 5 rings (SSSR count). The van der Waals surface area contributed by atoms with Crippen LogP contribution in [0.25, 0.3) is 22.0 Å². The van der Waals surface area contributed by atoms with Crippen molar-refractivity contribution in [3.63, 3.8) is 0 Å². The molecule has 34 heavy (non-hydrogen) atoms. The fourth-order valence-corrected chi connectivity index (χ4v) is 4.83. The predicted molar refractivity (Wildman–Crippen MR) is 137 cm³/mol. The van der Waals surface area contributed by atoms with Crippen molar-refractivity contribution < 1.29 is 4.39 Å². The molecule has 0 aliphatic carbocycles. The minimum absolute atomic E-state index is 0.303. The summed E-state index contributed by atoms with van der Waals surface area (Å²) in [7, 11) is 1.81. The number of amidine groups is 1. The van der Waals surface area contributed by atoms with E-state index in [9.17, 15) is 4.39 Å². The lowest BCUT2D eigenvalue weighted by Crippen LogP contribution is -2.51. The van der Waals surface area contributed by atoms with Crippen LogP contribution in [0.1, 0.15) is 37.8 Å². The number of hydrogen-bond donors (Lipinski definition) is 1. The van der Waals surface area contributed by atoms with E-state index in [1.165, 1.54) is 5.57 Å². The Labute approximate surface area is 199 Å². The van der Waals surface area contributed by atoms with Crippen molar-refractivity contribution in [1.29, 1.82) is 0 Å². The number of aryl methyl sites for hydroxylation is 2. The number of allylic oxidation sites excluding steroid dienone is 1. The van der Waals surface area contributed by atoms with E-state index in [0.717, 1.165) is 71.7 Å². The summed E-state index contributed by atoms with van der Waals surface area (Å²) in [6, 6.07) is 10.2. The zero-order valence-corrected chi connectivity index (χ0v) is 20.3. The molecule has 7 heteroatoms. The van der Waals surface area contributed by atoms with E-state index < -0.39 is 0 Å². The van der Waals surface area contributed by atoms with E-state index in [-0.39, 0.29) is 5.82 Å². The van der Waals surface area contributed by atoms with Crippen LogP contribution in [0.4, 0.5) is 4.39 Å². The van der Waals surface area contributed by atoms with Gasteiger partial charge in [-0.15, -0.1) is 10.2 Å². The number of rotatable bonds is 3. The highest BCUT2D eigenvalue weighted by atomic mass is 19.1. The number of aromatic nitrogens is 2. The van der Waals surface area contributed by atoms with Crippen LogP contribution < -0.4 is 5.32 Å². The van der Waals surface area contributed by atoms with Gasteiger partial charge in [-0.25, -0.2) is 4.39 Å². The maximum absolute atomic E-state index is 14.6. The molecule has 0 bridgehead atoms. The second kappa shape index (κ2) is 9.14. The maximum atomic E-state index is 14.6. The molecule has 2 aliphatic rings. The molecular formula is C27H31FN6. The monoisotopic (exact) mass is 458 g/mol. The Hall–Kier alpha value is -3.32. The SMILES string of the molecule is CCC1=CC(c2ccc(-c3cc(F)c4nn(C)cc4c3)cc2C)=NN=C(N2CCNC(C)C2)C1. The Morgan fingerprint density at radius 3 is 2.76 bits per heavy atom. The third-order valence-corrected chi connectivity index (χ3v) is 6.70. The molecule has 0 amide bonds. The van der Waals surface area contributed by atoms with Gasteiger partial charge in [-0.3, -0.25) is 4.68 Å². The van der Waals surface area contributed by atoms with Gasteiger partial charge in [0, 0.05) is 56.3 Å². The number of piperazine rings is 1. The Bertz CT molecular complexity index is 1330. The predicted octanol–water partition coefficient (Wildman–Crippen LogP) is 4.82. The molecule has 0 radical (unpaired) electrons. The van der Waals surface area contributed by atoms with Crippen LogP contribution in [0.3, 0.4) is 0 Å². The fourth-order valence-electron chi connectivity index (χ4n) is 4.83. The van der Waals surface area contributed by atoms with Crippen molar-refractivity contribution in [3.05, 3.63) is 65.1 Å². The maximum Gasteiger partial charge on any atom is 0.151 e. The summed E-state index contributed by atoms with van der Waals surface area (Å²) >= 11 is 0. The minimum Gasteiger partial charge on any atom is -0.355 e. The molecule has 6 nitrogen and oxygen atoms in total. The van der Waals surface area contributed by atoms with Crippen molar-refractivity contribution in [1.82, 2.24) is 20.0 Å². The lowest BCUT2D eigenvalue weighted by Gasteiger charge is -2.34. The Morgan fingerprint density at radius 2 is 2.00 bits per heavy atom. The van der Waals surface area contributed by atoms with Crippen molar-refractivity contribution in [2.75, 3.05) is 19.6 Å². The summed E-state index contributed by atoms with van der Waals surface area (Å²) in [5.41, 5.74) is 6.56. The van der Waals surface area contributed by atoms with E-state index >= 15 is 0 Å². The van der Waals surface area contributed by atoms with Gasteiger partial charge in [0.15, 0.2) is 5.82 Å². The first-order valence-corrected chi connectivity index (χ1v) is 12.0. The highest BCUT2D eigenvalue weighted by molar-refractivity contribution is 6.11. The first-order valence-electron chi connectivity index (χ1n) is 12.0. The van der Waals surface area contributed by atoms with Crippen LogP contribution >= 0.6 is 0 Å². The van der Waals surface area contributed by atoms with Gasteiger partial charge in [-0.1, -0.05) is 30.7 Å². The summed E-state index contributed by atoms with van der Waals surface area (Å²) in [6.07, 6.45) is 5.82. The molecule has 1 fully saturated rings. The molecule has 1 unspecified atom stereocenters. The highest BCUT2D eigenvalue weighted by Crippen LogP contribution is 2.29. The van der Waals surface area contributed by atoms with E-state index in [1.807, 2.05) is 18.3 Å². The zero-order valence-electron chi connectivity index (χ0n) is 20.3. The van der Waals surface area contributed by atoms with E-state index in [4.69, 9.17) is 5.10 Å². The first kappa shape index (κ1) is 22.5. The van der Waals surface area contributed by atoms with Gasteiger partial charge < -0.3 is 10.2 Å². The quantitative estimate of drug-likeness (QED) is 0.612. The molecule has 0 saturated carbocycles. The highest BCUT2D eigenvalue weighted by Gasteiger charge is 2.22. The smallest absolute Gasteiger partial charge is 0.151 e. The van der Waals surface area contributed by atoms with Crippen LogP contribution in [-0.4, -0.2) is 51.9 Å². The van der Waals surface area contributed by atoms with Crippen LogP contribution in [0.15, 0.2) is 58.4 Å². The molecule has 1 atom stereocenters. The number of nitrogens with zero attached hydrogens (tertiary/aromatic N) is 5. The zero-order chi connectivity index (χ0) is 23.8. The molecule has 2 aliphatic heterocycles. The van der Waals surface area contributed by atoms with E-state index in [0.29, 0.717) is 11.6 Å². The Morgan fingerprint density at radius 1 is 1.15 bits per heavy atom.